The second kappa shape index (κ2) is 4.25. The summed E-state index contributed by atoms with van der Waals surface area (Å²) in [4.78, 5) is 12.5. The number of rotatable bonds is 2. The van der Waals surface area contributed by atoms with Gasteiger partial charge < -0.3 is 5.32 Å². The average molecular weight is 287 g/mol. The van der Waals surface area contributed by atoms with Gasteiger partial charge in [0, 0.05) is 19.0 Å². The molecule has 0 amide bonds. The molecular formula is C10H15BrN4O. The molecule has 6 heteroatoms. The third-order valence-electron chi connectivity index (χ3n) is 3.15. The minimum atomic E-state index is -0.337. The highest BCUT2D eigenvalue weighted by atomic mass is 79.9. The van der Waals surface area contributed by atoms with Gasteiger partial charge in [0.05, 0.1) is 0 Å². The Morgan fingerprint density at radius 2 is 2.38 bits per heavy atom. The molecule has 0 radical (unpaired) electrons. The van der Waals surface area contributed by atoms with Crippen molar-refractivity contribution in [3.63, 3.8) is 0 Å². The highest BCUT2D eigenvalue weighted by Gasteiger charge is 2.38. The zero-order valence-electron chi connectivity index (χ0n) is 9.46. The number of Topliss-reactive ketones (excluding diaryl/α,β-unsaturated/α-hetero) is 1. The number of hydrogen-bond acceptors (Lipinski definition) is 4. The minimum absolute atomic E-state index is 0.110. The van der Waals surface area contributed by atoms with Crippen LogP contribution in [0, 0.1) is 5.41 Å². The van der Waals surface area contributed by atoms with Crippen LogP contribution in [0.1, 0.15) is 30.3 Å². The Labute approximate surface area is 103 Å². The van der Waals surface area contributed by atoms with Crippen molar-refractivity contribution < 1.29 is 4.79 Å². The van der Waals surface area contributed by atoms with E-state index in [1.165, 1.54) is 4.68 Å². The van der Waals surface area contributed by atoms with Gasteiger partial charge in [0.25, 0.3) is 0 Å². The van der Waals surface area contributed by atoms with Crippen molar-refractivity contribution in [2.45, 2.75) is 19.8 Å². The van der Waals surface area contributed by atoms with Gasteiger partial charge in [-0.2, -0.15) is 0 Å². The van der Waals surface area contributed by atoms with Crippen molar-refractivity contribution in [3.05, 3.63) is 10.3 Å². The molecule has 1 atom stereocenters. The van der Waals surface area contributed by atoms with Crippen LogP contribution in [0.15, 0.2) is 4.60 Å². The molecule has 0 bridgehead atoms. The van der Waals surface area contributed by atoms with Gasteiger partial charge in [-0.25, -0.2) is 4.68 Å². The van der Waals surface area contributed by atoms with Gasteiger partial charge in [-0.15, -0.1) is 5.10 Å². The average Bonchev–Trinajstić information content (AvgIpc) is 2.59. The molecule has 1 aliphatic rings. The number of ketones is 1. The molecule has 0 aliphatic carbocycles. The number of aryl methyl sites for hydroxylation is 1. The van der Waals surface area contributed by atoms with Crippen molar-refractivity contribution in [3.8, 4) is 0 Å². The molecule has 5 nitrogen and oxygen atoms in total. The number of carbonyl (C=O) groups excluding carboxylic acids is 1. The highest BCUT2D eigenvalue weighted by Crippen LogP contribution is 2.31. The highest BCUT2D eigenvalue weighted by molar-refractivity contribution is 9.10. The van der Waals surface area contributed by atoms with Crippen LogP contribution in [-0.2, 0) is 7.05 Å². The lowest BCUT2D eigenvalue weighted by Crippen LogP contribution is -2.44. The molecule has 16 heavy (non-hydrogen) atoms. The molecular weight excluding hydrogens is 272 g/mol. The topological polar surface area (TPSA) is 59.8 Å². The summed E-state index contributed by atoms with van der Waals surface area (Å²) in [6.45, 7) is 3.72. The lowest BCUT2D eigenvalue weighted by Gasteiger charge is -2.32. The lowest BCUT2D eigenvalue weighted by molar-refractivity contribution is 0.0761. The maximum absolute atomic E-state index is 12.5. The maximum Gasteiger partial charge on any atom is 0.190 e. The van der Waals surface area contributed by atoms with E-state index in [9.17, 15) is 4.79 Å². The summed E-state index contributed by atoms with van der Waals surface area (Å²) < 4.78 is 2.07. The molecule has 0 saturated carbocycles. The Kier molecular flexibility index (Phi) is 3.12. The molecule has 1 aromatic rings. The first kappa shape index (κ1) is 11.7. The van der Waals surface area contributed by atoms with E-state index in [1.807, 2.05) is 6.92 Å². The number of halogens is 1. The zero-order valence-corrected chi connectivity index (χ0v) is 11.0. The van der Waals surface area contributed by atoms with Crippen molar-refractivity contribution in [2.24, 2.45) is 12.5 Å². The van der Waals surface area contributed by atoms with Gasteiger partial charge in [-0.3, -0.25) is 4.79 Å². The molecule has 1 aromatic heterocycles. The second-order valence-corrected chi connectivity index (χ2v) is 5.27. The van der Waals surface area contributed by atoms with E-state index in [4.69, 9.17) is 0 Å². The van der Waals surface area contributed by atoms with Crippen LogP contribution in [0.5, 0.6) is 0 Å². The number of aromatic nitrogens is 3. The van der Waals surface area contributed by atoms with Crippen LogP contribution in [0.4, 0.5) is 0 Å². The first-order valence-electron chi connectivity index (χ1n) is 5.35. The van der Waals surface area contributed by atoms with Gasteiger partial charge in [-0.05, 0) is 35.3 Å². The summed E-state index contributed by atoms with van der Waals surface area (Å²) in [5, 5.41) is 11.0. The summed E-state index contributed by atoms with van der Waals surface area (Å²) in [5.74, 6) is 0.110. The number of carbonyl (C=O) groups is 1. The van der Waals surface area contributed by atoms with Gasteiger partial charge >= 0.3 is 0 Å². The lowest BCUT2D eigenvalue weighted by atomic mass is 9.78. The normalized spacial score (nSPS) is 25.7. The molecule has 2 rings (SSSR count). The Balaban J connectivity index is 2.31. The molecule has 2 heterocycles. The van der Waals surface area contributed by atoms with Crippen LogP contribution in [-0.4, -0.2) is 33.9 Å². The van der Waals surface area contributed by atoms with E-state index in [1.54, 1.807) is 7.05 Å². The molecule has 1 N–H and O–H groups in total. The first-order chi connectivity index (χ1) is 7.54. The van der Waals surface area contributed by atoms with Crippen LogP contribution in [0.2, 0.25) is 0 Å². The van der Waals surface area contributed by atoms with E-state index in [2.05, 4.69) is 31.6 Å². The van der Waals surface area contributed by atoms with Crippen LogP contribution >= 0.6 is 15.9 Å². The Morgan fingerprint density at radius 1 is 1.62 bits per heavy atom. The molecule has 0 spiro atoms. The van der Waals surface area contributed by atoms with Gasteiger partial charge in [-0.1, -0.05) is 12.1 Å². The number of nitrogens with one attached hydrogen (secondary N) is 1. The van der Waals surface area contributed by atoms with Crippen molar-refractivity contribution in [1.82, 2.24) is 20.3 Å². The monoisotopic (exact) mass is 286 g/mol. The number of piperidine rings is 1. The quantitative estimate of drug-likeness (QED) is 0.829. The first-order valence-corrected chi connectivity index (χ1v) is 6.14. The molecule has 0 aromatic carbocycles. The summed E-state index contributed by atoms with van der Waals surface area (Å²) in [6, 6.07) is 0. The van der Waals surface area contributed by atoms with Crippen LogP contribution < -0.4 is 5.32 Å². The minimum Gasteiger partial charge on any atom is -0.316 e. The summed E-state index contributed by atoms with van der Waals surface area (Å²) >= 11 is 3.27. The standard InChI is InChI=1S/C10H15BrN4O/c1-10(4-3-5-12-6-10)8(16)7-9(11)13-14-15(7)2/h12H,3-6H2,1-2H3. The Bertz CT molecular complexity index is 389. The Morgan fingerprint density at radius 3 is 2.88 bits per heavy atom. The molecule has 1 saturated heterocycles. The Hall–Kier alpha value is -0.750. The predicted molar refractivity (Wildman–Crippen MR) is 63.2 cm³/mol. The fourth-order valence-electron chi connectivity index (χ4n) is 2.11. The molecule has 1 unspecified atom stereocenters. The third kappa shape index (κ3) is 1.91. The largest absolute Gasteiger partial charge is 0.316 e. The fraction of sp³-hybridized carbons (Fsp3) is 0.700. The molecule has 1 fully saturated rings. The smallest absolute Gasteiger partial charge is 0.190 e. The van der Waals surface area contributed by atoms with Crippen LogP contribution in [0.3, 0.4) is 0 Å². The summed E-state index contributed by atoms with van der Waals surface area (Å²) in [7, 11) is 1.74. The molecule has 1 aliphatic heterocycles. The van der Waals surface area contributed by atoms with Crippen LogP contribution in [0.25, 0.3) is 0 Å². The van der Waals surface area contributed by atoms with E-state index >= 15 is 0 Å². The van der Waals surface area contributed by atoms with Gasteiger partial charge in [0.15, 0.2) is 10.4 Å². The zero-order chi connectivity index (χ0) is 11.8. The van der Waals surface area contributed by atoms with Crippen molar-refractivity contribution in [1.29, 1.82) is 0 Å². The van der Waals surface area contributed by atoms with Crippen molar-refractivity contribution >= 4 is 21.7 Å². The van der Waals surface area contributed by atoms with E-state index in [0.29, 0.717) is 10.3 Å². The van der Waals surface area contributed by atoms with E-state index < -0.39 is 0 Å². The van der Waals surface area contributed by atoms with E-state index in [0.717, 1.165) is 25.9 Å². The molecule has 88 valence electrons. The van der Waals surface area contributed by atoms with Crippen molar-refractivity contribution in [2.75, 3.05) is 13.1 Å². The van der Waals surface area contributed by atoms with E-state index in [-0.39, 0.29) is 11.2 Å². The fourth-order valence-corrected chi connectivity index (χ4v) is 2.62. The SMILES string of the molecule is Cn1nnc(Br)c1C(=O)C1(C)CCCNC1. The number of hydrogen-bond donors (Lipinski definition) is 1. The summed E-state index contributed by atoms with van der Waals surface area (Å²) in [6.07, 6.45) is 1.95. The summed E-state index contributed by atoms with van der Waals surface area (Å²) in [5.41, 5.74) is 0.224. The van der Waals surface area contributed by atoms with Gasteiger partial charge in [0.1, 0.15) is 5.69 Å². The predicted octanol–water partition coefficient (Wildman–Crippen LogP) is 1.15. The third-order valence-corrected chi connectivity index (χ3v) is 3.68. The van der Waals surface area contributed by atoms with Gasteiger partial charge in [0.2, 0.25) is 0 Å². The second-order valence-electron chi connectivity index (χ2n) is 4.52. The number of nitrogens with zero attached hydrogens (tertiary/aromatic N) is 3. The maximum atomic E-state index is 12.5.